The summed E-state index contributed by atoms with van der Waals surface area (Å²) in [5.41, 5.74) is -0.483. The van der Waals surface area contributed by atoms with Crippen LogP contribution < -0.4 is 0 Å². The van der Waals surface area contributed by atoms with Crippen LogP contribution >= 0.6 is 0 Å². The van der Waals surface area contributed by atoms with Gasteiger partial charge in [-0.1, -0.05) is 18.2 Å². The molecule has 0 spiro atoms. The molecule has 0 aromatic heterocycles. The normalized spacial score (nSPS) is 42.4. The third-order valence-corrected chi connectivity index (χ3v) is 5.00. The van der Waals surface area contributed by atoms with Gasteiger partial charge in [0.05, 0.1) is 11.5 Å². The molecule has 110 valence electrons. The summed E-state index contributed by atoms with van der Waals surface area (Å²) in [5, 5.41) is 10.3. The number of carbonyl (C=O) groups is 1. The van der Waals surface area contributed by atoms with Crippen molar-refractivity contribution >= 4 is 5.97 Å². The summed E-state index contributed by atoms with van der Waals surface area (Å²) in [6.45, 7) is 5.63. The van der Waals surface area contributed by atoms with E-state index >= 15 is 0 Å². The lowest BCUT2D eigenvalue weighted by Gasteiger charge is -2.50. The molecule has 1 saturated carbocycles. The molecular weight excluding hydrogens is 252 g/mol. The van der Waals surface area contributed by atoms with E-state index in [-0.39, 0.29) is 23.9 Å². The van der Waals surface area contributed by atoms with Crippen LogP contribution in [0.3, 0.4) is 0 Å². The van der Waals surface area contributed by atoms with Gasteiger partial charge in [0, 0.05) is 11.8 Å². The second kappa shape index (κ2) is 4.73. The van der Waals surface area contributed by atoms with Gasteiger partial charge in [0.15, 0.2) is 0 Å². The molecule has 0 radical (unpaired) electrons. The Balaban J connectivity index is 1.84. The lowest BCUT2D eigenvalue weighted by molar-refractivity contribution is -0.164. The molecule has 3 nitrogen and oxygen atoms in total. The zero-order valence-corrected chi connectivity index (χ0v) is 12.5. The second-order valence-electron chi connectivity index (χ2n) is 7.44. The molecule has 2 bridgehead atoms. The molecule has 0 amide bonds. The Hall–Kier alpha value is -1.09. The van der Waals surface area contributed by atoms with Crippen molar-refractivity contribution in [2.24, 2.45) is 29.1 Å². The lowest BCUT2D eigenvalue weighted by atomic mass is 9.57. The van der Waals surface area contributed by atoms with Crippen LogP contribution in [0.1, 0.15) is 33.6 Å². The molecule has 3 heteroatoms. The average Bonchev–Trinajstić information content (AvgIpc) is 2.41. The van der Waals surface area contributed by atoms with Crippen LogP contribution in [0.5, 0.6) is 0 Å². The van der Waals surface area contributed by atoms with Gasteiger partial charge in [0.25, 0.3) is 0 Å². The largest absolute Gasteiger partial charge is 0.457 e. The first-order valence-electron chi connectivity index (χ1n) is 7.64. The summed E-state index contributed by atoms with van der Waals surface area (Å²) >= 11 is 0. The maximum Gasteiger partial charge on any atom is 0.311 e. The van der Waals surface area contributed by atoms with Crippen molar-refractivity contribution in [1.82, 2.24) is 0 Å². The smallest absolute Gasteiger partial charge is 0.311 e. The second-order valence-corrected chi connectivity index (χ2v) is 7.44. The summed E-state index contributed by atoms with van der Waals surface area (Å²) in [5.74, 6) is 1.16. The molecule has 1 fully saturated rings. The highest BCUT2D eigenvalue weighted by molar-refractivity contribution is 5.75. The van der Waals surface area contributed by atoms with Crippen LogP contribution in [-0.2, 0) is 9.53 Å². The third kappa shape index (κ3) is 2.22. The van der Waals surface area contributed by atoms with Crippen molar-refractivity contribution in [3.8, 4) is 0 Å². The predicted octanol–water partition coefficient (Wildman–Crippen LogP) is 2.70. The van der Waals surface area contributed by atoms with E-state index in [1.54, 1.807) is 0 Å². The van der Waals surface area contributed by atoms with Crippen molar-refractivity contribution < 1.29 is 14.6 Å². The van der Waals surface area contributed by atoms with E-state index in [1.165, 1.54) is 0 Å². The molecule has 0 aromatic rings. The Kier molecular flexibility index (Phi) is 3.28. The lowest BCUT2D eigenvalue weighted by Crippen LogP contribution is -2.51. The quantitative estimate of drug-likeness (QED) is 0.591. The first kappa shape index (κ1) is 13.9. The number of aliphatic hydroxyl groups is 1. The fourth-order valence-corrected chi connectivity index (χ4v) is 3.92. The van der Waals surface area contributed by atoms with Crippen LogP contribution in [-0.4, -0.2) is 23.3 Å². The van der Waals surface area contributed by atoms with Crippen molar-refractivity contribution in [1.29, 1.82) is 0 Å². The Morgan fingerprint density at radius 1 is 1.05 bits per heavy atom. The van der Waals surface area contributed by atoms with Crippen molar-refractivity contribution in [3.63, 3.8) is 0 Å². The molecule has 4 aliphatic carbocycles. The summed E-state index contributed by atoms with van der Waals surface area (Å²) in [6.07, 6.45) is 9.93. The highest BCUT2D eigenvalue weighted by atomic mass is 16.5. The highest BCUT2D eigenvalue weighted by Crippen LogP contribution is 2.50. The van der Waals surface area contributed by atoms with E-state index in [0.29, 0.717) is 11.8 Å². The minimum absolute atomic E-state index is 0.160. The van der Waals surface area contributed by atoms with Gasteiger partial charge in [-0.2, -0.15) is 0 Å². The van der Waals surface area contributed by atoms with E-state index in [9.17, 15) is 9.90 Å². The molecular formula is C17H24O3. The molecule has 0 heterocycles. The van der Waals surface area contributed by atoms with Gasteiger partial charge >= 0.3 is 5.97 Å². The maximum absolute atomic E-state index is 12.2. The Morgan fingerprint density at radius 2 is 1.65 bits per heavy atom. The number of allylic oxidation sites excluding steroid dienone is 2. The number of fused-ring (bicyclic) bond motifs is 1. The monoisotopic (exact) mass is 276 g/mol. The first-order valence-corrected chi connectivity index (χ1v) is 7.64. The maximum atomic E-state index is 12.2. The Bertz CT molecular complexity index is 457. The van der Waals surface area contributed by atoms with Crippen LogP contribution in [0.15, 0.2) is 24.3 Å². The fourth-order valence-electron chi connectivity index (χ4n) is 3.92. The van der Waals surface area contributed by atoms with Crippen molar-refractivity contribution in [3.05, 3.63) is 24.3 Å². The van der Waals surface area contributed by atoms with Gasteiger partial charge in [-0.05, 0) is 51.5 Å². The molecule has 4 rings (SSSR count). The van der Waals surface area contributed by atoms with Crippen molar-refractivity contribution in [2.45, 2.75) is 45.8 Å². The van der Waals surface area contributed by atoms with Gasteiger partial charge in [-0.25, -0.2) is 0 Å². The SMILES string of the molecule is CC(C)(C)C(=O)O[C@H]1C=C[C@@H](O)[C@@H]2[C@H]1[C@@H]1C=C[C@H]2CC1. The number of rotatable bonds is 1. The molecule has 20 heavy (non-hydrogen) atoms. The molecule has 0 aliphatic heterocycles. The molecule has 0 saturated heterocycles. The van der Waals surface area contributed by atoms with E-state index in [0.717, 1.165) is 12.8 Å². The topological polar surface area (TPSA) is 46.5 Å². The zero-order valence-electron chi connectivity index (χ0n) is 12.5. The number of hydrogen-bond donors (Lipinski definition) is 1. The van der Waals surface area contributed by atoms with Crippen LogP contribution in [0.2, 0.25) is 0 Å². The summed E-state index contributed by atoms with van der Waals surface area (Å²) in [6, 6.07) is 0. The van der Waals surface area contributed by atoms with Crippen LogP contribution in [0.4, 0.5) is 0 Å². The number of aliphatic hydroxyl groups excluding tert-OH is 1. The van der Waals surface area contributed by atoms with E-state index in [1.807, 2.05) is 32.9 Å². The molecule has 1 N–H and O–H groups in total. The summed E-state index contributed by atoms with van der Waals surface area (Å²) < 4.78 is 5.76. The standard InChI is InChI=1S/C17H24O3/c1-17(2,3)16(19)20-13-9-8-12(18)14-10-4-6-11(7-5-10)15(13)14/h4,6,8-15,18H,5,7H2,1-3H3/t10-,11+,12+,13-,14+,15-/m0/s1. The number of hydrogen-bond acceptors (Lipinski definition) is 3. The first-order chi connectivity index (χ1) is 9.38. The fraction of sp³-hybridized carbons (Fsp3) is 0.706. The third-order valence-electron chi connectivity index (χ3n) is 5.00. The van der Waals surface area contributed by atoms with E-state index < -0.39 is 11.5 Å². The van der Waals surface area contributed by atoms with E-state index in [4.69, 9.17) is 4.74 Å². The van der Waals surface area contributed by atoms with E-state index in [2.05, 4.69) is 12.2 Å². The van der Waals surface area contributed by atoms with Crippen LogP contribution in [0, 0.1) is 29.1 Å². The van der Waals surface area contributed by atoms with Gasteiger partial charge < -0.3 is 9.84 Å². The molecule has 6 atom stereocenters. The minimum atomic E-state index is -0.483. The van der Waals surface area contributed by atoms with Gasteiger partial charge in [-0.15, -0.1) is 0 Å². The highest BCUT2D eigenvalue weighted by Gasteiger charge is 2.49. The summed E-state index contributed by atoms with van der Waals surface area (Å²) in [4.78, 5) is 12.2. The zero-order chi connectivity index (χ0) is 14.5. The number of carbonyl (C=O) groups excluding carboxylic acids is 1. The number of esters is 1. The molecule has 0 unspecified atom stereocenters. The molecule has 0 aromatic carbocycles. The predicted molar refractivity (Wildman–Crippen MR) is 76.8 cm³/mol. The van der Waals surface area contributed by atoms with Crippen LogP contribution in [0.25, 0.3) is 0 Å². The summed E-state index contributed by atoms with van der Waals surface area (Å²) in [7, 11) is 0. The Morgan fingerprint density at radius 3 is 2.20 bits per heavy atom. The Labute approximate surface area is 120 Å². The minimum Gasteiger partial charge on any atom is -0.457 e. The van der Waals surface area contributed by atoms with Gasteiger partial charge in [0.2, 0.25) is 0 Å². The average molecular weight is 276 g/mol. The molecule has 4 aliphatic rings. The van der Waals surface area contributed by atoms with Crippen molar-refractivity contribution in [2.75, 3.05) is 0 Å². The van der Waals surface area contributed by atoms with Gasteiger partial charge in [-0.3, -0.25) is 4.79 Å². The van der Waals surface area contributed by atoms with Gasteiger partial charge in [0.1, 0.15) is 6.10 Å². The number of ether oxygens (including phenoxy) is 1.